The fourth-order valence-corrected chi connectivity index (χ4v) is 1.26. The van der Waals surface area contributed by atoms with Gasteiger partial charge in [0, 0.05) is 6.04 Å². The molecule has 1 amide bonds. The predicted molar refractivity (Wildman–Crippen MR) is 64.3 cm³/mol. The van der Waals surface area contributed by atoms with E-state index in [1.54, 1.807) is 6.08 Å². The van der Waals surface area contributed by atoms with E-state index in [2.05, 4.69) is 11.9 Å². The Hall–Kier alpha value is -1.03. The number of carbonyl (C=O) groups excluding carboxylic acids is 1. The van der Waals surface area contributed by atoms with Crippen LogP contribution in [-0.4, -0.2) is 28.9 Å². The van der Waals surface area contributed by atoms with Crippen LogP contribution in [0.4, 0.5) is 4.79 Å². The molecule has 0 aromatic heterocycles. The number of carbonyl (C=O) groups is 1. The van der Waals surface area contributed by atoms with Crippen LogP contribution in [0, 0.1) is 0 Å². The summed E-state index contributed by atoms with van der Waals surface area (Å²) in [6.45, 7) is 10.8. The number of aliphatic hydroxyl groups is 1. The SMILES string of the molecule is C=CC[C@@H](O)C[C@@H](C)NC(=O)OC(C)(C)C. The first-order valence-electron chi connectivity index (χ1n) is 5.53. The molecule has 0 fully saturated rings. The second kappa shape index (κ2) is 6.53. The number of rotatable bonds is 5. The van der Waals surface area contributed by atoms with E-state index in [1.807, 2.05) is 27.7 Å². The molecule has 0 aromatic carbocycles. The van der Waals surface area contributed by atoms with Gasteiger partial charge in [-0.05, 0) is 40.5 Å². The van der Waals surface area contributed by atoms with Crippen molar-refractivity contribution in [3.05, 3.63) is 12.7 Å². The second-order valence-electron chi connectivity index (χ2n) is 4.96. The van der Waals surface area contributed by atoms with Crippen molar-refractivity contribution in [2.75, 3.05) is 0 Å². The average Bonchev–Trinajstić information content (AvgIpc) is 1.98. The lowest BCUT2D eigenvalue weighted by molar-refractivity contribution is 0.0491. The summed E-state index contributed by atoms with van der Waals surface area (Å²) in [5.41, 5.74) is -0.496. The fraction of sp³-hybridized carbons (Fsp3) is 0.750. The van der Waals surface area contributed by atoms with Crippen molar-refractivity contribution in [3.63, 3.8) is 0 Å². The van der Waals surface area contributed by atoms with Crippen LogP contribution < -0.4 is 5.32 Å². The minimum Gasteiger partial charge on any atom is -0.444 e. The highest BCUT2D eigenvalue weighted by Gasteiger charge is 2.18. The largest absolute Gasteiger partial charge is 0.444 e. The molecule has 0 aliphatic rings. The lowest BCUT2D eigenvalue weighted by atomic mass is 10.1. The Labute approximate surface area is 97.7 Å². The lowest BCUT2D eigenvalue weighted by Crippen LogP contribution is -2.39. The van der Waals surface area contributed by atoms with Gasteiger partial charge in [-0.3, -0.25) is 0 Å². The zero-order chi connectivity index (χ0) is 12.8. The number of hydrogen-bond acceptors (Lipinski definition) is 3. The van der Waals surface area contributed by atoms with E-state index >= 15 is 0 Å². The van der Waals surface area contributed by atoms with Gasteiger partial charge in [-0.2, -0.15) is 0 Å². The summed E-state index contributed by atoms with van der Waals surface area (Å²) in [5, 5.41) is 12.2. The van der Waals surface area contributed by atoms with Crippen LogP contribution in [0.15, 0.2) is 12.7 Å². The maximum atomic E-state index is 11.4. The first-order valence-corrected chi connectivity index (χ1v) is 5.53. The highest BCUT2D eigenvalue weighted by molar-refractivity contribution is 5.68. The number of hydrogen-bond donors (Lipinski definition) is 2. The maximum absolute atomic E-state index is 11.4. The summed E-state index contributed by atoms with van der Waals surface area (Å²) >= 11 is 0. The number of amides is 1. The van der Waals surface area contributed by atoms with Gasteiger partial charge in [0.2, 0.25) is 0 Å². The van der Waals surface area contributed by atoms with Gasteiger partial charge in [0.1, 0.15) is 5.60 Å². The molecule has 0 bridgehead atoms. The summed E-state index contributed by atoms with van der Waals surface area (Å²) in [6, 6.07) is -0.121. The maximum Gasteiger partial charge on any atom is 0.407 e. The molecule has 4 heteroatoms. The Morgan fingerprint density at radius 1 is 1.56 bits per heavy atom. The van der Waals surface area contributed by atoms with Crippen LogP contribution in [0.2, 0.25) is 0 Å². The van der Waals surface area contributed by atoms with E-state index in [9.17, 15) is 9.90 Å². The van der Waals surface area contributed by atoms with Gasteiger partial charge in [0.25, 0.3) is 0 Å². The first kappa shape index (κ1) is 15.0. The van der Waals surface area contributed by atoms with Crippen molar-refractivity contribution < 1.29 is 14.6 Å². The molecule has 4 nitrogen and oxygen atoms in total. The third-order valence-electron chi connectivity index (χ3n) is 1.83. The fourth-order valence-electron chi connectivity index (χ4n) is 1.26. The van der Waals surface area contributed by atoms with Crippen molar-refractivity contribution in [3.8, 4) is 0 Å². The standard InChI is InChI=1S/C12H23NO3/c1-6-7-10(14)8-9(2)13-11(15)16-12(3,4)5/h6,9-10,14H,1,7-8H2,2-5H3,(H,13,15)/t9-,10-/m1/s1. The van der Waals surface area contributed by atoms with Crippen LogP contribution in [0.1, 0.15) is 40.5 Å². The van der Waals surface area contributed by atoms with E-state index in [-0.39, 0.29) is 6.04 Å². The van der Waals surface area contributed by atoms with Gasteiger partial charge in [0.05, 0.1) is 6.10 Å². The Morgan fingerprint density at radius 3 is 2.56 bits per heavy atom. The second-order valence-corrected chi connectivity index (χ2v) is 4.96. The molecule has 0 aliphatic heterocycles. The number of nitrogens with one attached hydrogen (secondary N) is 1. The normalized spacial score (nSPS) is 15.1. The van der Waals surface area contributed by atoms with Gasteiger partial charge in [0.15, 0.2) is 0 Å². The van der Waals surface area contributed by atoms with Gasteiger partial charge < -0.3 is 15.2 Å². The smallest absolute Gasteiger partial charge is 0.407 e. The molecular weight excluding hydrogens is 206 g/mol. The Morgan fingerprint density at radius 2 is 2.12 bits per heavy atom. The van der Waals surface area contributed by atoms with E-state index < -0.39 is 17.8 Å². The first-order chi connectivity index (χ1) is 7.24. The van der Waals surface area contributed by atoms with E-state index in [1.165, 1.54) is 0 Å². The summed E-state index contributed by atoms with van der Waals surface area (Å²) in [5.74, 6) is 0. The van der Waals surface area contributed by atoms with Crippen LogP contribution >= 0.6 is 0 Å². The summed E-state index contributed by atoms with van der Waals surface area (Å²) in [6.07, 6.45) is 1.75. The summed E-state index contributed by atoms with van der Waals surface area (Å²) in [7, 11) is 0. The molecular formula is C12H23NO3. The van der Waals surface area contributed by atoms with Crippen LogP contribution in [0.3, 0.4) is 0 Å². The molecule has 0 spiro atoms. The highest BCUT2D eigenvalue weighted by atomic mass is 16.6. The molecule has 2 N–H and O–H groups in total. The van der Waals surface area contributed by atoms with E-state index in [0.717, 1.165) is 0 Å². The highest BCUT2D eigenvalue weighted by Crippen LogP contribution is 2.08. The van der Waals surface area contributed by atoms with Crippen molar-refractivity contribution in [2.24, 2.45) is 0 Å². The van der Waals surface area contributed by atoms with Crippen LogP contribution in [0.5, 0.6) is 0 Å². The molecule has 0 saturated heterocycles. The monoisotopic (exact) mass is 229 g/mol. The molecule has 0 heterocycles. The summed E-state index contributed by atoms with van der Waals surface area (Å²) < 4.78 is 5.10. The molecule has 0 unspecified atom stereocenters. The molecule has 0 aromatic rings. The molecule has 16 heavy (non-hydrogen) atoms. The topological polar surface area (TPSA) is 58.6 Å². The van der Waals surface area contributed by atoms with Crippen molar-refractivity contribution in [1.29, 1.82) is 0 Å². The molecule has 2 atom stereocenters. The lowest BCUT2D eigenvalue weighted by Gasteiger charge is -2.22. The minimum absolute atomic E-state index is 0.121. The Bertz CT molecular complexity index is 233. The third kappa shape index (κ3) is 8.29. The van der Waals surface area contributed by atoms with Gasteiger partial charge in [-0.15, -0.1) is 6.58 Å². The van der Waals surface area contributed by atoms with Crippen LogP contribution in [-0.2, 0) is 4.74 Å². The summed E-state index contributed by atoms with van der Waals surface area (Å²) in [4.78, 5) is 11.4. The molecule has 0 rings (SSSR count). The van der Waals surface area contributed by atoms with Crippen molar-refractivity contribution in [1.82, 2.24) is 5.32 Å². The molecule has 0 radical (unpaired) electrons. The Balaban J connectivity index is 3.91. The van der Waals surface area contributed by atoms with Crippen molar-refractivity contribution in [2.45, 2.75) is 58.3 Å². The average molecular weight is 229 g/mol. The molecule has 0 saturated carbocycles. The zero-order valence-corrected chi connectivity index (χ0v) is 10.6. The van der Waals surface area contributed by atoms with Gasteiger partial charge in [-0.25, -0.2) is 4.79 Å². The minimum atomic E-state index is -0.496. The van der Waals surface area contributed by atoms with E-state index in [4.69, 9.17) is 4.74 Å². The molecule has 94 valence electrons. The third-order valence-corrected chi connectivity index (χ3v) is 1.83. The zero-order valence-electron chi connectivity index (χ0n) is 10.6. The van der Waals surface area contributed by atoms with E-state index in [0.29, 0.717) is 12.8 Å². The predicted octanol–water partition coefficient (Wildman–Crippen LogP) is 2.23. The molecule has 0 aliphatic carbocycles. The van der Waals surface area contributed by atoms with Gasteiger partial charge in [-0.1, -0.05) is 6.08 Å². The number of aliphatic hydroxyl groups excluding tert-OH is 1. The quantitative estimate of drug-likeness (QED) is 0.711. The van der Waals surface area contributed by atoms with Crippen molar-refractivity contribution >= 4 is 6.09 Å². The van der Waals surface area contributed by atoms with Crippen LogP contribution in [0.25, 0.3) is 0 Å². The number of alkyl carbamates (subject to hydrolysis) is 1. The number of ether oxygens (including phenoxy) is 1. The van der Waals surface area contributed by atoms with Gasteiger partial charge >= 0.3 is 6.09 Å². The Kier molecular flexibility index (Phi) is 6.11.